The summed E-state index contributed by atoms with van der Waals surface area (Å²) in [6.45, 7) is 6.17. The average molecular weight is 292 g/mol. The van der Waals surface area contributed by atoms with Gasteiger partial charge in [-0.2, -0.15) is 0 Å². The van der Waals surface area contributed by atoms with Crippen molar-refractivity contribution in [1.29, 1.82) is 0 Å². The van der Waals surface area contributed by atoms with Gasteiger partial charge in [0.1, 0.15) is 5.82 Å². The zero-order valence-electron chi connectivity index (χ0n) is 12.2. The van der Waals surface area contributed by atoms with Gasteiger partial charge in [-0.3, -0.25) is 0 Å². The number of hydrogen-bond acceptors (Lipinski definition) is 2. The summed E-state index contributed by atoms with van der Waals surface area (Å²) in [6, 6.07) is 6.07. The number of imidazole rings is 1. The Morgan fingerprint density at radius 1 is 1.25 bits per heavy atom. The number of hydrogen-bond donors (Lipinski definition) is 1. The lowest BCUT2D eigenvalue weighted by molar-refractivity contribution is 0.671. The molecule has 0 saturated carbocycles. The lowest BCUT2D eigenvalue weighted by atomic mass is 10.1. The summed E-state index contributed by atoms with van der Waals surface area (Å²) in [7, 11) is 0. The van der Waals surface area contributed by atoms with Crippen molar-refractivity contribution >= 4 is 11.6 Å². The Bertz CT molecular complexity index is 548. The summed E-state index contributed by atoms with van der Waals surface area (Å²) >= 11 is 6.43. The minimum Gasteiger partial charge on any atom is -0.313 e. The fourth-order valence-corrected chi connectivity index (χ4v) is 2.60. The summed E-state index contributed by atoms with van der Waals surface area (Å²) in [5.74, 6) is 1.07. The van der Waals surface area contributed by atoms with Crippen LogP contribution in [0.4, 0.5) is 0 Å². The topological polar surface area (TPSA) is 29.9 Å². The number of nitrogens with one attached hydrogen (secondary N) is 1. The second-order valence-corrected chi connectivity index (χ2v) is 5.30. The van der Waals surface area contributed by atoms with E-state index in [4.69, 9.17) is 11.6 Å². The van der Waals surface area contributed by atoms with Crippen LogP contribution in [0.25, 0.3) is 5.69 Å². The van der Waals surface area contributed by atoms with Crippen LogP contribution in [0.1, 0.15) is 38.1 Å². The van der Waals surface area contributed by atoms with Crippen molar-refractivity contribution in [1.82, 2.24) is 14.9 Å². The van der Waals surface area contributed by atoms with Crippen LogP contribution in [0, 0.1) is 0 Å². The van der Waals surface area contributed by atoms with E-state index in [9.17, 15) is 0 Å². The van der Waals surface area contributed by atoms with E-state index in [1.165, 1.54) is 5.56 Å². The second kappa shape index (κ2) is 7.46. The molecule has 0 aliphatic heterocycles. The SMILES string of the molecule is CCCNCc1cccc(Cl)c1-n1ccnc1CCC. The summed E-state index contributed by atoms with van der Waals surface area (Å²) in [5.41, 5.74) is 2.26. The largest absolute Gasteiger partial charge is 0.313 e. The molecular formula is C16H22ClN3. The molecule has 0 amide bonds. The number of aromatic nitrogens is 2. The fraction of sp³-hybridized carbons (Fsp3) is 0.438. The smallest absolute Gasteiger partial charge is 0.113 e. The van der Waals surface area contributed by atoms with Crippen molar-refractivity contribution < 1.29 is 0 Å². The maximum absolute atomic E-state index is 6.43. The Balaban J connectivity index is 2.35. The molecule has 1 aromatic heterocycles. The van der Waals surface area contributed by atoms with Crippen LogP contribution in [0.15, 0.2) is 30.6 Å². The van der Waals surface area contributed by atoms with Crippen molar-refractivity contribution in [3.63, 3.8) is 0 Å². The van der Waals surface area contributed by atoms with Gasteiger partial charge in [-0.1, -0.05) is 37.6 Å². The van der Waals surface area contributed by atoms with E-state index in [1.807, 2.05) is 24.5 Å². The molecular weight excluding hydrogens is 270 g/mol. The normalized spacial score (nSPS) is 10.9. The van der Waals surface area contributed by atoms with E-state index in [0.29, 0.717) is 0 Å². The molecule has 108 valence electrons. The molecule has 2 aromatic rings. The van der Waals surface area contributed by atoms with Gasteiger partial charge in [0.25, 0.3) is 0 Å². The van der Waals surface area contributed by atoms with Crippen LogP contribution in [-0.4, -0.2) is 16.1 Å². The van der Waals surface area contributed by atoms with Crippen molar-refractivity contribution in [3.05, 3.63) is 47.0 Å². The van der Waals surface area contributed by atoms with E-state index in [-0.39, 0.29) is 0 Å². The molecule has 0 aliphatic carbocycles. The fourth-order valence-electron chi connectivity index (χ4n) is 2.32. The minimum absolute atomic E-state index is 0.774. The van der Waals surface area contributed by atoms with Gasteiger partial charge in [0.15, 0.2) is 0 Å². The Morgan fingerprint density at radius 2 is 2.10 bits per heavy atom. The van der Waals surface area contributed by atoms with E-state index >= 15 is 0 Å². The van der Waals surface area contributed by atoms with Crippen LogP contribution in [0.2, 0.25) is 5.02 Å². The Morgan fingerprint density at radius 3 is 2.85 bits per heavy atom. The van der Waals surface area contributed by atoms with E-state index in [1.54, 1.807) is 0 Å². The van der Waals surface area contributed by atoms with Crippen LogP contribution in [0.5, 0.6) is 0 Å². The molecule has 1 aromatic carbocycles. The lowest BCUT2D eigenvalue weighted by Crippen LogP contribution is -2.16. The highest BCUT2D eigenvalue weighted by molar-refractivity contribution is 6.32. The van der Waals surface area contributed by atoms with Gasteiger partial charge in [-0.15, -0.1) is 0 Å². The van der Waals surface area contributed by atoms with Gasteiger partial charge >= 0.3 is 0 Å². The standard InChI is InChI=1S/C16H22ClN3/c1-3-6-15-19-10-11-20(15)16-13(12-18-9-4-2)7-5-8-14(16)17/h5,7-8,10-11,18H,3-4,6,9,12H2,1-2H3. The first-order valence-electron chi connectivity index (χ1n) is 7.28. The third-order valence-electron chi connectivity index (χ3n) is 3.24. The van der Waals surface area contributed by atoms with Crippen LogP contribution >= 0.6 is 11.6 Å². The lowest BCUT2D eigenvalue weighted by Gasteiger charge is -2.15. The van der Waals surface area contributed by atoms with Gasteiger partial charge in [0.2, 0.25) is 0 Å². The molecule has 0 bridgehead atoms. The predicted octanol–water partition coefficient (Wildman–Crippen LogP) is 3.98. The third-order valence-corrected chi connectivity index (χ3v) is 3.55. The Hall–Kier alpha value is -1.32. The number of benzene rings is 1. The molecule has 1 heterocycles. The maximum atomic E-state index is 6.43. The van der Waals surface area contributed by atoms with E-state index in [0.717, 1.165) is 48.9 Å². The quantitative estimate of drug-likeness (QED) is 0.782. The highest BCUT2D eigenvalue weighted by atomic mass is 35.5. The van der Waals surface area contributed by atoms with Crippen LogP contribution < -0.4 is 5.32 Å². The highest BCUT2D eigenvalue weighted by Crippen LogP contribution is 2.26. The maximum Gasteiger partial charge on any atom is 0.113 e. The molecule has 0 fully saturated rings. The predicted molar refractivity (Wildman–Crippen MR) is 84.6 cm³/mol. The molecule has 1 N–H and O–H groups in total. The first kappa shape index (κ1) is 15.1. The summed E-state index contributed by atoms with van der Waals surface area (Å²) in [5, 5.41) is 4.21. The first-order valence-corrected chi connectivity index (χ1v) is 7.66. The first-order chi connectivity index (χ1) is 9.77. The Labute approximate surface area is 126 Å². The molecule has 0 saturated heterocycles. The number of aryl methyl sites for hydroxylation is 1. The molecule has 0 spiro atoms. The molecule has 0 radical (unpaired) electrons. The minimum atomic E-state index is 0.774. The number of para-hydroxylation sites is 1. The average Bonchev–Trinajstić information content (AvgIpc) is 2.88. The van der Waals surface area contributed by atoms with Gasteiger partial charge in [0, 0.05) is 25.4 Å². The summed E-state index contributed by atoms with van der Waals surface area (Å²) in [6.07, 6.45) is 7.00. The number of rotatable bonds is 7. The van der Waals surface area contributed by atoms with E-state index in [2.05, 4.69) is 34.8 Å². The third kappa shape index (κ3) is 3.41. The number of halogens is 1. The number of nitrogens with zero attached hydrogens (tertiary/aromatic N) is 2. The molecule has 0 atom stereocenters. The molecule has 20 heavy (non-hydrogen) atoms. The molecule has 0 aliphatic rings. The van der Waals surface area contributed by atoms with Gasteiger partial charge in [-0.25, -0.2) is 4.98 Å². The second-order valence-electron chi connectivity index (χ2n) is 4.89. The van der Waals surface area contributed by atoms with Crippen molar-refractivity contribution in [3.8, 4) is 5.69 Å². The monoisotopic (exact) mass is 291 g/mol. The van der Waals surface area contributed by atoms with Gasteiger partial charge in [-0.05, 0) is 31.0 Å². The van der Waals surface area contributed by atoms with Crippen LogP contribution in [0.3, 0.4) is 0 Å². The van der Waals surface area contributed by atoms with Crippen molar-refractivity contribution in [2.75, 3.05) is 6.54 Å². The van der Waals surface area contributed by atoms with Gasteiger partial charge in [0.05, 0.1) is 10.7 Å². The zero-order valence-corrected chi connectivity index (χ0v) is 13.0. The van der Waals surface area contributed by atoms with Crippen molar-refractivity contribution in [2.24, 2.45) is 0 Å². The molecule has 3 nitrogen and oxygen atoms in total. The molecule has 4 heteroatoms. The summed E-state index contributed by atoms with van der Waals surface area (Å²) < 4.78 is 2.12. The zero-order chi connectivity index (χ0) is 14.4. The molecule has 2 rings (SSSR count). The highest BCUT2D eigenvalue weighted by Gasteiger charge is 2.12. The van der Waals surface area contributed by atoms with E-state index < -0.39 is 0 Å². The van der Waals surface area contributed by atoms with Crippen LogP contribution in [-0.2, 0) is 13.0 Å². The van der Waals surface area contributed by atoms with Crippen molar-refractivity contribution in [2.45, 2.75) is 39.7 Å². The van der Waals surface area contributed by atoms with Gasteiger partial charge < -0.3 is 9.88 Å². The molecule has 0 unspecified atom stereocenters. The Kier molecular flexibility index (Phi) is 5.62. The summed E-state index contributed by atoms with van der Waals surface area (Å²) in [4.78, 5) is 4.44.